The summed E-state index contributed by atoms with van der Waals surface area (Å²) in [5.74, 6) is -0.324. The van der Waals surface area contributed by atoms with Gasteiger partial charge in [0.1, 0.15) is 11.9 Å². The van der Waals surface area contributed by atoms with Crippen molar-refractivity contribution < 1.29 is 24.9 Å². The summed E-state index contributed by atoms with van der Waals surface area (Å²) in [6.45, 7) is 7.61. The van der Waals surface area contributed by atoms with Gasteiger partial charge in [-0.25, -0.2) is 4.79 Å². The second kappa shape index (κ2) is 10.4. The number of carboxylic acids is 1. The summed E-state index contributed by atoms with van der Waals surface area (Å²) in [5.41, 5.74) is 1.60. The maximum Gasteiger partial charge on any atom is 0.328 e. The van der Waals surface area contributed by atoms with Crippen LogP contribution in [0.4, 0.5) is 0 Å². The molecule has 0 radical (unpaired) electrons. The molecular formula is C20H30N2O5. The van der Waals surface area contributed by atoms with Crippen LogP contribution in [-0.4, -0.2) is 82.8 Å². The standard InChI is InChI=1S/C20H30N2O5/c1-3-16(14-19(25)26)17-4-6-18(7-5-17)27-20(15(2)24)22-10-8-21(9-11-22)12-13-23/h4-7,14-15,20,23-24H,3,8-13H2,1-2H3,(H,25,26). The van der Waals surface area contributed by atoms with Gasteiger partial charge in [-0.3, -0.25) is 9.80 Å². The first kappa shape index (κ1) is 21.4. The molecule has 2 atom stereocenters. The van der Waals surface area contributed by atoms with E-state index in [0.717, 1.165) is 37.3 Å². The minimum atomic E-state index is -0.957. The normalized spacial score (nSPS) is 18.9. The molecule has 1 aliphatic rings. The molecule has 27 heavy (non-hydrogen) atoms. The minimum Gasteiger partial charge on any atom is -0.478 e. The van der Waals surface area contributed by atoms with Crippen LogP contribution in [0.25, 0.3) is 5.57 Å². The van der Waals surface area contributed by atoms with Crippen molar-refractivity contribution in [2.24, 2.45) is 0 Å². The molecule has 3 N–H and O–H groups in total. The second-order valence-electron chi connectivity index (χ2n) is 6.74. The van der Waals surface area contributed by atoms with Crippen LogP contribution in [0, 0.1) is 0 Å². The van der Waals surface area contributed by atoms with E-state index in [9.17, 15) is 9.90 Å². The molecule has 0 aromatic heterocycles. The molecule has 1 aromatic rings. The molecule has 1 heterocycles. The molecule has 2 unspecified atom stereocenters. The van der Waals surface area contributed by atoms with Crippen molar-refractivity contribution in [3.05, 3.63) is 35.9 Å². The highest BCUT2D eigenvalue weighted by Crippen LogP contribution is 2.23. The summed E-state index contributed by atoms with van der Waals surface area (Å²) in [7, 11) is 0. The molecule has 0 aliphatic carbocycles. The third kappa shape index (κ3) is 6.32. The largest absolute Gasteiger partial charge is 0.478 e. The van der Waals surface area contributed by atoms with Crippen molar-refractivity contribution in [3.8, 4) is 5.75 Å². The van der Waals surface area contributed by atoms with Crippen molar-refractivity contribution in [2.75, 3.05) is 39.3 Å². The van der Waals surface area contributed by atoms with Gasteiger partial charge in [-0.2, -0.15) is 0 Å². The van der Waals surface area contributed by atoms with Crippen LogP contribution in [0.2, 0.25) is 0 Å². The van der Waals surface area contributed by atoms with E-state index in [-0.39, 0.29) is 6.61 Å². The van der Waals surface area contributed by atoms with Gasteiger partial charge in [-0.05, 0) is 36.6 Å². The highest BCUT2D eigenvalue weighted by atomic mass is 16.5. The lowest BCUT2D eigenvalue weighted by Crippen LogP contribution is -2.55. The van der Waals surface area contributed by atoms with Crippen molar-refractivity contribution in [3.63, 3.8) is 0 Å². The van der Waals surface area contributed by atoms with E-state index in [1.165, 1.54) is 6.08 Å². The van der Waals surface area contributed by atoms with E-state index in [0.29, 0.717) is 18.7 Å². The topological polar surface area (TPSA) is 93.5 Å². The number of allylic oxidation sites excluding steroid dienone is 1. The molecule has 0 bridgehead atoms. The number of β-amino-alcohol motifs (C(OH)–C–C–N with tert-alkyl or cyclic N) is 1. The molecule has 0 saturated carbocycles. The third-order valence-electron chi connectivity index (χ3n) is 4.76. The fourth-order valence-electron chi connectivity index (χ4n) is 3.29. The smallest absolute Gasteiger partial charge is 0.328 e. The van der Waals surface area contributed by atoms with E-state index in [1.54, 1.807) is 19.1 Å². The lowest BCUT2D eigenvalue weighted by Gasteiger charge is -2.39. The van der Waals surface area contributed by atoms with E-state index in [4.69, 9.17) is 14.9 Å². The average Bonchev–Trinajstić information content (AvgIpc) is 2.65. The number of carboxylic acid groups (broad SMARTS) is 1. The Kier molecular flexibility index (Phi) is 8.24. The zero-order chi connectivity index (χ0) is 19.8. The van der Waals surface area contributed by atoms with Crippen LogP contribution in [-0.2, 0) is 4.79 Å². The number of aliphatic hydroxyl groups excluding tert-OH is 2. The lowest BCUT2D eigenvalue weighted by molar-refractivity contribution is -0.131. The molecule has 1 aliphatic heterocycles. The number of aliphatic hydroxyl groups is 2. The molecule has 0 amide bonds. The highest BCUT2D eigenvalue weighted by Gasteiger charge is 2.28. The van der Waals surface area contributed by atoms with Crippen LogP contribution in [0.1, 0.15) is 25.8 Å². The Morgan fingerprint density at radius 3 is 2.33 bits per heavy atom. The molecule has 7 nitrogen and oxygen atoms in total. The minimum absolute atomic E-state index is 0.152. The maximum absolute atomic E-state index is 10.9. The summed E-state index contributed by atoms with van der Waals surface area (Å²) in [6.07, 6.45) is 0.737. The monoisotopic (exact) mass is 378 g/mol. The van der Waals surface area contributed by atoms with Gasteiger partial charge in [0.2, 0.25) is 0 Å². The molecule has 1 fully saturated rings. The maximum atomic E-state index is 10.9. The predicted molar refractivity (Wildman–Crippen MR) is 104 cm³/mol. The van der Waals surface area contributed by atoms with Crippen molar-refractivity contribution >= 4 is 11.5 Å². The Balaban J connectivity index is 2.03. The Hall–Kier alpha value is -1.93. The molecule has 1 saturated heterocycles. The van der Waals surface area contributed by atoms with Gasteiger partial charge in [0.25, 0.3) is 0 Å². The van der Waals surface area contributed by atoms with Gasteiger partial charge in [0.05, 0.1) is 6.61 Å². The Morgan fingerprint density at radius 2 is 1.85 bits per heavy atom. The Morgan fingerprint density at radius 1 is 1.22 bits per heavy atom. The van der Waals surface area contributed by atoms with Crippen molar-refractivity contribution in [1.82, 2.24) is 9.80 Å². The molecule has 0 spiro atoms. The quantitative estimate of drug-likeness (QED) is 0.557. The number of nitrogens with zero attached hydrogens (tertiary/aromatic N) is 2. The highest BCUT2D eigenvalue weighted by molar-refractivity contribution is 5.90. The van der Waals surface area contributed by atoms with E-state index in [1.807, 2.05) is 19.1 Å². The van der Waals surface area contributed by atoms with Gasteiger partial charge < -0.3 is 20.1 Å². The van der Waals surface area contributed by atoms with E-state index in [2.05, 4.69) is 9.80 Å². The first-order valence-corrected chi connectivity index (χ1v) is 9.40. The SMILES string of the molecule is CCC(=CC(=O)O)c1ccc(OC(C(C)O)N2CCN(CCO)CC2)cc1. The van der Waals surface area contributed by atoms with Gasteiger partial charge in [-0.1, -0.05) is 19.1 Å². The molecular weight excluding hydrogens is 348 g/mol. The molecule has 150 valence electrons. The second-order valence-corrected chi connectivity index (χ2v) is 6.74. The summed E-state index contributed by atoms with van der Waals surface area (Å²) >= 11 is 0. The summed E-state index contributed by atoms with van der Waals surface area (Å²) in [6, 6.07) is 7.29. The first-order chi connectivity index (χ1) is 12.9. The van der Waals surface area contributed by atoms with Gasteiger partial charge in [0.15, 0.2) is 6.23 Å². The molecule has 1 aromatic carbocycles. The van der Waals surface area contributed by atoms with Crippen LogP contribution in [0.15, 0.2) is 30.3 Å². The van der Waals surface area contributed by atoms with Crippen LogP contribution in [0.5, 0.6) is 5.75 Å². The number of ether oxygens (including phenoxy) is 1. The summed E-state index contributed by atoms with van der Waals surface area (Å²) < 4.78 is 6.03. The van der Waals surface area contributed by atoms with Crippen LogP contribution < -0.4 is 4.74 Å². The van der Waals surface area contributed by atoms with E-state index >= 15 is 0 Å². The van der Waals surface area contributed by atoms with Crippen molar-refractivity contribution in [1.29, 1.82) is 0 Å². The van der Waals surface area contributed by atoms with Gasteiger partial charge >= 0.3 is 5.97 Å². The van der Waals surface area contributed by atoms with Crippen LogP contribution >= 0.6 is 0 Å². The average molecular weight is 378 g/mol. The van der Waals surface area contributed by atoms with Gasteiger partial charge in [0, 0.05) is 38.8 Å². The Labute approximate surface area is 160 Å². The number of benzene rings is 1. The van der Waals surface area contributed by atoms with E-state index < -0.39 is 18.3 Å². The summed E-state index contributed by atoms with van der Waals surface area (Å²) in [4.78, 5) is 15.2. The first-order valence-electron chi connectivity index (χ1n) is 9.40. The van der Waals surface area contributed by atoms with Crippen LogP contribution in [0.3, 0.4) is 0 Å². The number of carbonyl (C=O) groups is 1. The number of piperazine rings is 1. The Bertz CT molecular complexity index is 622. The van der Waals surface area contributed by atoms with Gasteiger partial charge in [-0.15, -0.1) is 0 Å². The zero-order valence-electron chi connectivity index (χ0n) is 16.0. The number of hydrogen-bond acceptors (Lipinski definition) is 6. The number of hydrogen-bond donors (Lipinski definition) is 3. The fourth-order valence-corrected chi connectivity index (χ4v) is 3.29. The molecule has 2 rings (SSSR count). The third-order valence-corrected chi connectivity index (χ3v) is 4.76. The lowest BCUT2D eigenvalue weighted by atomic mass is 10.0. The molecule has 7 heteroatoms. The zero-order valence-corrected chi connectivity index (χ0v) is 16.0. The number of aliphatic carboxylic acids is 1. The summed E-state index contributed by atoms with van der Waals surface area (Å²) in [5, 5.41) is 28.2. The predicted octanol–water partition coefficient (Wildman–Crippen LogP) is 1.26. The fraction of sp³-hybridized carbons (Fsp3) is 0.550. The van der Waals surface area contributed by atoms with Crippen molar-refractivity contribution in [2.45, 2.75) is 32.6 Å². The number of rotatable bonds is 9.